The van der Waals surface area contributed by atoms with Gasteiger partial charge in [-0.2, -0.15) is 0 Å². The third-order valence-corrected chi connectivity index (χ3v) is 2.52. The van der Waals surface area contributed by atoms with Gasteiger partial charge >= 0.3 is 0 Å². The summed E-state index contributed by atoms with van der Waals surface area (Å²) in [6.45, 7) is 4.97. The van der Waals surface area contributed by atoms with Gasteiger partial charge in [0.25, 0.3) is 0 Å². The summed E-state index contributed by atoms with van der Waals surface area (Å²) in [5.41, 5.74) is 2.16. The molecular formula is C13H15FN2. The molecule has 0 saturated carbocycles. The predicted octanol–water partition coefficient (Wildman–Crippen LogP) is 3.19. The number of aromatic nitrogens is 2. The average molecular weight is 218 g/mol. The summed E-state index contributed by atoms with van der Waals surface area (Å²) in [6, 6.07) is 6.56. The van der Waals surface area contributed by atoms with Crippen molar-refractivity contribution in [1.29, 1.82) is 0 Å². The van der Waals surface area contributed by atoms with Crippen molar-refractivity contribution in [2.45, 2.75) is 26.3 Å². The minimum atomic E-state index is -0.197. The molecule has 0 radical (unpaired) electrons. The lowest BCUT2D eigenvalue weighted by Gasteiger charge is -2.02. The molecule has 1 heterocycles. The molecule has 16 heavy (non-hydrogen) atoms. The Morgan fingerprint density at radius 1 is 1.25 bits per heavy atom. The molecule has 1 aromatic heterocycles. The maximum absolute atomic E-state index is 12.7. The Labute approximate surface area is 94.8 Å². The van der Waals surface area contributed by atoms with Gasteiger partial charge in [-0.3, -0.25) is 0 Å². The first kappa shape index (κ1) is 10.9. The smallest absolute Gasteiger partial charge is 0.123 e. The lowest BCUT2D eigenvalue weighted by molar-refractivity contribution is 0.626. The molecule has 0 N–H and O–H groups in total. The second kappa shape index (κ2) is 4.47. The number of halogens is 1. The van der Waals surface area contributed by atoms with E-state index in [1.165, 1.54) is 12.1 Å². The first-order chi connectivity index (χ1) is 7.65. The van der Waals surface area contributed by atoms with Crippen molar-refractivity contribution in [3.63, 3.8) is 0 Å². The molecule has 3 heteroatoms. The number of benzene rings is 1. The number of nitrogens with zero attached hydrogens (tertiary/aromatic N) is 2. The first-order valence-corrected chi connectivity index (χ1v) is 5.41. The van der Waals surface area contributed by atoms with Crippen molar-refractivity contribution in [3.05, 3.63) is 53.9 Å². The average Bonchev–Trinajstić information content (AvgIpc) is 2.70. The van der Waals surface area contributed by atoms with Gasteiger partial charge in [-0.05, 0) is 23.6 Å². The summed E-state index contributed by atoms with van der Waals surface area (Å²) in [6.07, 6.45) is 3.85. The van der Waals surface area contributed by atoms with Crippen molar-refractivity contribution in [3.8, 4) is 0 Å². The molecule has 84 valence electrons. The third-order valence-electron chi connectivity index (χ3n) is 2.52. The maximum Gasteiger partial charge on any atom is 0.123 e. The molecule has 0 atom stereocenters. The van der Waals surface area contributed by atoms with Gasteiger partial charge in [0.1, 0.15) is 5.82 Å². The molecule has 2 rings (SSSR count). The molecule has 0 spiro atoms. The van der Waals surface area contributed by atoms with Crippen molar-refractivity contribution >= 4 is 0 Å². The van der Waals surface area contributed by atoms with E-state index in [1.54, 1.807) is 12.1 Å². The van der Waals surface area contributed by atoms with Crippen LogP contribution in [0, 0.1) is 5.82 Å². The van der Waals surface area contributed by atoms with E-state index in [-0.39, 0.29) is 5.82 Å². The summed E-state index contributed by atoms with van der Waals surface area (Å²) < 4.78 is 14.7. The monoisotopic (exact) mass is 218 g/mol. The summed E-state index contributed by atoms with van der Waals surface area (Å²) in [5, 5.41) is 0. The van der Waals surface area contributed by atoms with Gasteiger partial charge in [0, 0.05) is 12.7 Å². The minimum absolute atomic E-state index is 0.197. The Kier molecular flexibility index (Phi) is 3.04. The van der Waals surface area contributed by atoms with Crippen molar-refractivity contribution in [2.75, 3.05) is 0 Å². The third kappa shape index (κ3) is 2.48. The highest BCUT2D eigenvalue weighted by molar-refractivity contribution is 5.17. The maximum atomic E-state index is 12.7. The van der Waals surface area contributed by atoms with Crippen LogP contribution in [0.2, 0.25) is 0 Å². The molecule has 0 saturated heterocycles. The SMILES string of the molecule is CC(C)c1cn(Cc2ccc(F)cc2)cn1. The van der Waals surface area contributed by atoms with Crippen molar-refractivity contribution in [1.82, 2.24) is 9.55 Å². The fourth-order valence-electron chi connectivity index (χ4n) is 1.56. The van der Waals surface area contributed by atoms with Crippen LogP contribution in [-0.2, 0) is 6.54 Å². The number of hydrogen-bond acceptors (Lipinski definition) is 1. The summed E-state index contributed by atoms with van der Waals surface area (Å²) >= 11 is 0. The number of hydrogen-bond donors (Lipinski definition) is 0. The molecule has 0 aliphatic rings. The van der Waals surface area contributed by atoms with Crippen LogP contribution in [0.5, 0.6) is 0 Å². The van der Waals surface area contributed by atoms with Gasteiger partial charge in [0.15, 0.2) is 0 Å². The molecule has 2 aromatic rings. The molecule has 1 aromatic carbocycles. The van der Waals surface area contributed by atoms with Crippen molar-refractivity contribution in [2.24, 2.45) is 0 Å². The van der Waals surface area contributed by atoms with E-state index < -0.39 is 0 Å². The normalized spacial score (nSPS) is 11.0. The highest BCUT2D eigenvalue weighted by Gasteiger charge is 2.03. The van der Waals surface area contributed by atoms with E-state index >= 15 is 0 Å². The second-order valence-corrected chi connectivity index (χ2v) is 4.25. The highest BCUT2D eigenvalue weighted by Crippen LogP contribution is 2.12. The number of imidazole rings is 1. The van der Waals surface area contributed by atoms with E-state index in [9.17, 15) is 4.39 Å². The van der Waals surface area contributed by atoms with Gasteiger partial charge in [-0.1, -0.05) is 26.0 Å². The fourth-order valence-corrected chi connectivity index (χ4v) is 1.56. The lowest BCUT2D eigenvalue weighted by Crippen LogP contribution is -1.96. The topological polar surface area (TPSA) is 17.8 Å². The molecule has 0 aliphatic carbocycles. The Balaban J connectivity index is 2.11. The largest absolute Gasteiger partial charge is 0.333 e. The van der Waals surface area contributed by atoms with Crippen LogP contribution in [0.1, 0.15) is 31.0 Å². The Morgan fingerprint density at radius 3 is 2.50 bits per heavy atom. The van der Waals surface area contributed by atoms with Crippen LogP contribution in [0.4, 0.5) is 4.39 Å². The van der Waals surface area contributed by atoms with Gasteiger partial charge in [0.2, 0.25) is 0 Å². The van der Waals surface area contributed by atoms with Crippen LogP contribution >= 0.6 is 0 Å². The van der Waals surface area contributed by atoms with Gasteiger partial charge in [-0.15, -0.1) is 0 Å². The molecule has 0 aliphatic heterocycles. The molecule has 0 bridgehead atoms. The summed E-state index contributed by atoms with van der Waals surface area (Å²) in [5.74, 6) is 0.242. The molecule has 0 fully saturated rings. The van der Waals surface area contributed by atoms with Crippen LogP contribution in [-0.4, -0.2) is 9.55 Å². The van der Waals surface area contributed by atoms with Gasteiger partial charge in [0.05, 0.1) is 12.0 Å². The van der Waals surface area contributed by atoms with Crippen LogP contribution in [0.3, 0.4) is 0 Å². The summed E-state index contributed by atoms with van der Waals surface area (Å²) in [4.78, 5) is 4.32. The van der Waals surface area contributed by atoms with E-state index in [0.717, 1.165) is 17.8 Å². The standard InChI is InChI=1S/C13H15FN2/c1-10(2)13-8-16(9-15-13)7-11-3-5-12(14)6-4-11/h3-6,8-10H,7H2,1-2H3. The zero-order chi connectivity index (χ0) is 11.5. The van der Waals surface area contributed by atoms with Gasteiger partial charge < -0.3 is 4.57 Å². The molecule has 0 amide bonds. The molecule has 0 unspecified atom stereocenters. The van der Waals surface area contributed by atoms with E-state index in [0.29, 0.717) is 5.92 Å². The van der Waals surface area contributed by atoms with Crippen LogP contribution in [0.15, 0.2) is 36.8 Å². The van der Waals surface area contributed by atoms with Crippen LogP contribution in [0.25, 0.3) is 0 Å². The quantitative estimate of drug-likeness (QED) is 0.773. The predicted molar refractivity (Wildman–Crippen MR) is 61.8 cm³/mol. The zero-order valence-corrected chi connectivity index (χ0v) is 9.52. The fraction of sp³-hybridized carbons (Fsp3) is 0.308. The Bertz CT molecular complexity index is 457. The molecule has 2 nitrogen and oxygen atoms in total. The van der Waals surface area contributed by atoms with Crippen molar-refractivity contribution < 1.29 is 4.39 Å². The lowest BCUT2D eigenvalue weighted by atomic mass is 10.1. The Morgan fingerprint density at radius 2 is 1.94 bits per heavy atom. The summed E-state index contributed by atoms with van der Waals surface area (Å²) in [7, 11) is 0. The zero-order valence-electron chi connectivity index (χ0n) is 9.52. The van der Waals surface area contributed by atoms with Gasteiger partial charge in [-0.25, -0.2) is 9.37 Å². The van der Waals surface area contributed by atoms with E-state index in [2.05, 4.69) is 18.8 Å². The van der Waals surface area contributed by atoms with Crippen LogP contribution < -0.4 is 0 Å². The first-order valence-electron chi connectivity index (χ1n) is 5.41. The number of rotatable bonds is 3. The van der Waals surface area contributed by atoms with E-state index in [4.69, 9.17) is 0 Å². The molecular weight excluding hydrogens is 203 g/mol. The highest BCUT2D eigenvalue weighted by atomic mass is 19.1. The van der Waals surface area contributed by atoms with E-state index in [1.807, 2.05) is 17.1 Å². The second-order valence-electron chi connectivity index (χ2n) is 4.25. The minimum Gasteiger partial charge on any atom is -0.333 e. The Hall–Kier alpha value is -1.64.